The summed E-state index contributed by atoms with van der Waals surface area (Å²) in [6.07, 6.45) is 2.55. The number of hydrogen-bond donors (Lipinski definition) is 3. The Morgan fingerprint density at radius 1 is 1.47 bits per heavy atom. The number of H-pyrrole nitrogens is 1. The van der Waals surface area contributed by atoms with Crippen molar-refractivity contribution in [2.45, 2.75) is 19.3 Å². The maximum Gasteiger partial charge on any atom is 0.303 e. The third-order valence-electron chi connectivity index (χ3n) is 1.73. The van der Waals surface area contributed by atoms with Crippen LogP contribution >= 0.6 is 0 Å². The second kappa shape index (κ2) is 5.74. The van der Waals surface area contributed by atoms with Gasteiger partial charge in [0.2, 0.25) is 5.82 Å². The zero-order valence-electron chi connectivity index (χ0n) is 8.06. The lowest BCUT2D eigenvalue weighted by molar-refractivity contribution is -0.137. The van der Waals surface area contributed by atoms with Crippen LogP contribution in [0, 0.1) is 0 Å². The molecule has 82 valence electrons. The Morgan fingerprint density at radius 3 is 2.87 bits per heavy atom. The van der Waals surface area contributed by atoms with Crippen LogP contribution in [0.5, 0.6) is 0 Å². The predicted molar refractivity (Wildman–Crippen MR) is 50.2 cm³/mol. The molecule has 0 aromatic carbocycles. The van der Waals surface area contributed by atoms with Crippen molar-refractivity contribution >= 4 is 11.9 Å². The van der Waals surface area contributed by atoms with Crippen LogP contribution < -0.4 is 5.32 Å². The SMILES string of the molecule is O=C(O)CCCCNC(=O)c1ncn[nH]1. The van der Waals surface area contributed by atoms with Crippen molar-refractivity contribution in [1.82, 2.24) is 20.5 Å². The number of amides is 1. The second-order valence-corrected chi connectivity index (χ2v) is 2.94. The Kier molecular flexibility index (Phi) is 4.27. The van der Waals surface area contributed by atoms with E-state index in [1.54, 1.807) is 0 Å². The fourth-order valence-electron chi connectivity index (χ4n) is 1.00. The van der Waals surface area contributed by atoms with Gasteiger partial charge in [0.15, 0.2) is 0 Å². The lowest BCUT2D eigenvalue weighted by atomic mass is 10.2. The summed E-state index contributed by atoms with van der Waals surface area (Å²) in [6, 6.07) is 0. The highest BCUT2D eigenvalue weighted by molar-refractivity contribution is 5.90. The molecule has 3 N–H and O–H groups in total. The number of carbonyl (C=O) groups excluding carboxylic acids is 1. The van der Waals surface area contributed by atoms with Crippen molar-refractivity contribution in [2.75, 3.05) is 6.54 Å². The molecule has 0 aliphatic heterocycles. The molecule has 7 nitrogen and oxygen atoms in total. The number of nitrogens with zero attached hydrogens (tertiary/aromatic N) is 2. The number of rotatable bonds is 6. The average molecular weight is 212 g/mol. The van der Waals surface area contributed by atoms with E-state index in [4.69, 9.17) is 5.11 Å². The molecule has 0 fully saturated rings. The van der Waals surface area contributed by atoms with Crippen molar-refractivity contribution < 1.29 is 14.7 Å². The number of aliphatic carboxylic acids is 1. The van der Waals surface area contributed by atoms with E-state index in [1.165, 1.54) is 6.33 Å². The number of aromatic amines is 1. The average Bonchev–Trinajstić information content (AvgIpc) is 2.69. The van der Waals surface area contributed by atoms with Gasteiger partial charge in [-0.2, -0.15) is 5.10 Å². The Labute approximate surface area is 85.9 Å². The summed E-state index contributed by atoms with van der Waals surface area (Å²) in [5.41, 5.74) is 0. The third kappa shape index (κ3) is 4.21. The van der Waals surface area contributed by atoms with Crippen LogP contribution in [-0.4, -0.2) is 38.7 Å². The van der Waals surface area contributed by atoms with Gasteiger partial charge in [0.25, 0.3) is 5.91 Å². The minimum absolute atomic E-state index is 0.123. The summed E-state index contributed by atoms with van der Waals surface area (Å²) in [7, 11) is 0. The normalized spacial score (nSPS) is 9.87. The number of carboxylic acids is 1. The van der Waals surface area contributed by atoms with Crippen molar-refractivity contribution in [3.8, 4) is 0 Å². The van der Waals surface area contributed by atoms with E-state index in [9.17, 15) is 9.59 Å². The highest BCUT2D eigenvalue weighted by atomic mass is 16.4. The summed E-state index contributed by atoms with van der Waals surface area (Å²) in [5.74, 6) is -0.993. The molecule has 0 saturated heterocycles. The van der Waals surface area contributed by atoms with E-state index < -0.39 is 5.97 Å². The highest BCUT2D eigenvalue weighted by Crippen LogP contribution is 1.94. The van der Waals surface area contributed by atoms with E-state index in [0.717, 1.165) is 0 Å². The molecular weight excluding hydrogens is 200 g/mol. The molecule has 1 rings (SSSR count). The second-order valence-electron chi connectivity index (χ2n) is 2.94. The fourth-order valence-corrected chi connectivity index (χ4v) is 1.00. The van der Waals surface area contributed by atoms with Crippen LogP contribution in [-0.2, 0) is 4.79 Å². The molecule has 1 heterocycles. The number of carbonyl (C=O) groups is 2. The zero-order chi connectivity index (χ0) is 11.1. The highest BCUT2D eigenvalue weighted by Gasteiger charge is 2.06. The zero-order valence-corrected chi connectivity index (χ0v) is 8.06. The minimum Gasteiger partial charge on any atom is -0.481 e. The largest absolute Gasteiger partial charge is 0.481 e. The van der Waals surface area contributed by atoms with Gasteiger partial charge in [0.05, 0.1) is 0 Å². The number of hydrogen-bond acceptors (Lipinski definition) is 4. The van der Waals surface area contributed by atoms with E-state index in [2.05, 4.69) is 20.5 Å². The van der Waals surface area contributed by atoms with Gasteiger partial charge in [-0.05, 0) is 12.8 Å². The van der Waals surface area contributed by atoms with Gasteiger partial charge in [0.1, 0.15) is 6.33 Å². The molecule has 0 aliphatic rings. The monoisotopic (exact) mass is 212 g/mol. The Morgan fingerprint density at radius 2 is 2.27 bits per heavy atom. The molecule has 0 radical (unpaired) electrons. The summed E-state index contributed by atoms with van der Waals surface area (Å²) < 4.78 is 0. The standard InChI is InChI=1S/C8H12N4O3/c13-6(14)3-1-2-4-9-8(15)7-10-5-11-12-7/h5H,1-4H2,(H,9,15)(H,13,14)(H,10,11,12). The number of aromatic nitrogens is 3. The van der Waals surface area contributed by atoms with Crippen molar-refractivity contribution in [1.29, 1.82) is 0 Å². The first-order valence-electron chi connectivity index (χ1n) is 4.55. The number of nitrogens with one attached hydrogen (secondary N) is 2. The molecule has 1 aromatic heterocycles. The van der Waals surface area contributed by atoms with Gasteiger partial charge in [0, 0.05) is 13.0 Å². The minimum atomic E-state index is -0.823. The summed E-state index contributed by atoms with van der Waals surface area (Å²) in [6.45, 7) is 0.437. The van der Waals surface area contributed by atoms with Crippen molar-refractivity contribution in [2.24, 2.45) is 0 Å². The molecule has 0 atom stereocenters. The van der Waals surface area contributed by atoms with Gasteiger partial charge in [-0.3, -0.25) is 14.7 Å². The molecule has 15 heavy (non-hydrogen) atoms. The Bertz CT molecular complexity index is 323. The van der Waals surface area contributed by atoms with E-state index >= 15 is 0 Å². The molecular formula is C8H12N4O3. The van der Waals surface area contributed by atoms with E-state index in [-0.39, 0.29) is 18.2 Å². The Balaban J connectivity index is 2.10. The molecule has 7 heteroatoms. The molecule has 0 saturated carbocycles. The topological polar surface area (TPSA) is 108 Å². The predicted octanol–water partition coefficient (Wildman–Crippen LogP) is -0.211. The first-order valence-corrected chi connectivity index (χ1v) is 4.55. The molecule has 0 unspecified atom stereocenters. The van der Waals surface area contributed by atoms with Gasteiger partial charge < -0.3 is 10.4 Å². The molecule has 0 spiro atoms. The fraction of sp³-hybridized carbons (Fsp3) is 0.500. The molecule has 1 aromatic rings. The van der Waals surface area contributed by atoms with Gasteiger partial charge in [-0.15, -0.1) is 0 Å². The maximum absolute atomic E-state index is 11.2. The number of unbranched alkanes of at least 4 members (excludes halogenated alkanes) is 1. The molecule has 1 amide bonds. The van der Waals surface area contributed by atoms with Crippen molar-refractivity contribution in [3.05, 3.63) is 12.2 Å². The summed E-state index contributed by atoms with van der Waals surface area (Å²) in [4.78, 5) is 25.1. The van der Waals surface area contributed by atoms with Crippen LogP contribution in [0.25, 0.3) is 0 Å². The van der Waals surface area contributed by atoms with Crippen LogP contribution in [0.3, 0.4) is 0 Å². The summed E-state index contributed by atoms with van der Waals surface area (Å²) in [5, 5.41) is 16.9. The smallest absolute Gasteiger partial charge is 0.303 e. The van der Waals surface area contributed by atoms with Crippen LogP contribution in [0.15, 0.2) is 6.33 Å². The van der Waals surface area contributed by atoms with Gasteiger partial charge >= 0.3 is 5.97 Å². The van der Waals surface area contributed by atoms with Crippen LogP contribution in [0.2, 0.25) is 0 Å². The first kappa shape index (κ1) is 11.2. The van der Waals surface area contributed by atoms with Crippen molar-refractivity contribution in [3.63, 3.8) is 0 Å². The number of carboxylic acid groups (broad SMARTS) is 1. The lowest BCUT2D eigenvalue weighted by Gasteiger charge is -2.01. The quantitative estimate of drug-likeness (QED) is 0.565. The Hall–Kier alpha value is -1.92. The van der Waals surface area contributed by atoms with Gasteiger partial charge in [-0.1, -0.05) is 0 Å². The molecule has 0 bridgehead atoms. The summed E-state index contributed by atoms with van der Waals surface area (Å²) >= 11 is 0. The first-order chi connectivity index (χ1) is 7.20. The third-order valence-corrected chi connectivity index (χ3v) is 1.73. The molecule has 0 aliphatic carbocycles. The van der Waals surface area contributed by atoms with E-state index in [0.29, 0.717) is 19.4 Å². The van der Waals surface area contributed by atoms with Crippen LogP contribution in [0.4, 0.5) is 0 Å². The van der Waals surface area contributed by atoms with Gasteiger partial charge in [-0.25, -0.2) is 4.98 Å². The maximum atomic E-state index is 11.2. The van der Waals surface area contributed by atoms with E-state index in [1.807, 2.05) is 0 Å². The van der Waals surface area contributed by atoms with Crippen LogP contribution in [0.1, 0.15) is 29.9 Å². The lowest BCUT2D eigenvalue weighted by Crippen LogP contribution is -2.25.